The molecule has 25 heavy (non-hydrogen) atoms. The lowest BCUT2D eigenvalue weighted by atomic mass is 10.0. The molecule has 0 fully saturated rings. The smallest absolute Gasteiger partial charge is 0.259 e. The molecule has 0 radical (unpaired) electrons. The lowest BCUT2D eigenvalue weighted by Crippen LogP contribution is -2.13. The zero-order chi connectivity index (χ0) is 17.8. The molecule has 3 aromatic rings. The Morgan fingerprint density at radius 3 is 2.60 bits per heavy atom. The van der Waals surface area contributed by atoms with Crippen LogP contribution in [0.2, 0.25) is 0 Å². The molecule has 0 bridgehead atoms. The molecular weight excluding hydrogens is 320 g/mol. The Morgan fingerprint density at radius 1 is 1.12 bits per heavy atom. The number of aromatic hydroxyl groups is 1. The Labute approximate surface area is 144 Å². The summed E-state index contributed by atoms with van der Waals surface area (Å²) in [6.07, 6.45) is 0.462. The van der Waals surface area contributed by atoms with Crippen LogP contribution in [0.5, 0.6) is 11.5 Å². The van der Waals surface area contributed by atoms with E-state index in [9.17, 15) is 14.7 Å². The standard InChI is InChI=1S/C19H16N2O4/c1-25-16-9-5-4-8-15(16)21-19(24)14-10-12-6-2-3-7-13(12)17(18(14)23)20-11-22/h2-11,23H,1H3,(H,20,22)(H,21,24). The molecule has 0 aromatic heterocycles. The van der Waals surface area contributed by atoms with Crippen molar-refractivity contribution in [2.75, 3.05) is 17.7 Å². The minimum atomic E-state index is -0.512. The van der Waals surface area contributed by atoms with E-state index in [2.05, 4.69) is 10.6 Å². The molecule has 3 rings (SSSR count). The third kappa shape index (κ3) is 3.10. The Hall–Kier alpha value is -3.54. The summed E-state index contributed by atoms with van der Waals surface area (Å²) in [5, 5.41) is 17.0. The number of carbonyl (C=O) groups is 2. The molecule has 0 aliphatic rings. The van der Waals surface area contributed by atoms with Gasteiger partial charge in [-0.1, -0.05) is 36.4 Å². The van der Waals surface area contributed by atoms with Crippen molar-refractivity contribution in [3.63, 3.8) is 0 Å². The summed E-state index contributed by atoms with van der Waals surface area (Å²) < 4.78 is 5.21. The Bertz CT molecular complexity index is 953. The van der Waals surface area contributed by atoms with Gasteiger partial charge in [0.05, 0.1) is 24.0 Å². The summed E-state index contributed by atoms with van der Waals surface area (Å²) in [6.45, 7) is 0. The number of para-hydroxylation sites is 2. The molecule has 126 valence electrons. The van der Waals surface area contributed by atoms with Gasteiger partial charge in [-0.15, -0.1) is 0 Å². The maximum Gasteiger partial charge on any atom is 0.259 e. The number of nitrogens with one attached hydrogen (secondary N) is 2. The fourth-order valence-corrected chi connectivity index (χ4v) is 2.65. The first-order valence-corrected chi connectivity index (χ1v) is 7.55. The first-order valence-electron chi connectivity index (χ1n) is 7.55. The molecule has 3 N–H and O–H groups in total. The molecule has 0 atom stereocenters. The van der Waals surface area contributed by atoms with Crippen molar-refractivity contribution in [1.29, 1.82) is 0 Å². The highest BCUT2D eigenvalue weighted by molar-refractivity contribution is 6.13. The van der Waals surface area contributed by atoms with Gasteiger partial charge in [0.15, 0.2) is 5.75 Å². The van der Waals surface area contributed by atoms with Crippen LogP contribution in [0.1, 0.15) is 10.4 Å². The maximum absolute atomic E-state index is 12.7. The fourth-order valence-electron chi connectivity index (χ4n) is 2.65. The first-order chi connectivity index (χ1) is 12.2. The van der Waals surface area contributed by atoms with Crippen molar-refractivity contribution in [2.45, 2.75) is 0 Å². The van der Waals surface area contributed by atoms with E-state index in [1.165, 1.54) is 7.11 Å². The van der Waals surface area contributed by atoms with Crippen LogP contribution in [-0.4, -0.2) is 24.5 Å². The third-order valence-electron chi connectivity index (χ3n) is 3.82. The molecule has 0 saturated heterocycles. The SMILES string of the molecule is COc1ccccc1NC(=O)c1cc2ccccc2c(NC=O)c1O. The molecule has 0 aliphatic heterocycles. The quantitative estimate of drug-likeness (QED) is 0.492. The maximum atomic E-state index is 12.7. The number of fused-ring (bicyclic) bond motifs is 1. The highest BCUT2D eigenvalue weighted by Crippen LogP contribution is 2.36. The largest absolute Gasteiger partial charge is 0.505 e. The highest BCUT2D eigenvalue weighted by Gasteiger charge is 2.19. The summed E-state index contributed by atoms with van der Waals surface area (Å²) >= 11 is 0. The number of hydrogen-bond donors (Lipinski definition) is 3. The van der Waals surface area contributed by atoms with E-state index >= 15 is 0 Å². The predicted molar refractivity (Wildman–Crippen MR) is 96.2 cm³/mol. The Kier molecular flexibility index (Phi) is 4.52. The van der Waals surface area contributed by atoms with Crippen LogP contribution in [0.15, 0.2) is 54.6 Å². The lowest BCUT2D eigenvalue weighted by molar-refractivity contribution is -0.105. The van der Waals surface area contributed by atoms with Crippen LogP contribution in [0.3, 0.4) is 0 Å². The van der Waals surface area contributed by atoms with E-state index < -0.39 is 5.91 Å². The second kappa shape index (κ2) is 6.92. The average molecular weight is 336 g/mol. The van der Waals surface area contributed by atoms with Gasteiger partial charge in [-0.2, -0.15) is 0 Å². The van der Waals surface area contributed by atoms with Crippen LogP contribution in [0.25, 0.3) is 10.8 Å². The second-order valence-electron chi connectivity index (χ2n) is 5.29. The van der Waals surface area contributed by atoms with Crippen molar-refractivity contribution < 1.29 is 19.4 Å². The van der Waals surface area contributed by atoms with Crippen LogP contribution >= 0.6 is 0 Å². The molecule has 0 heterocycles. The third-order valence-corrected chi connectivity index (χ3v) is 3.82. The number of phenols is 1. The first kappa shape index (κ1) is 16.3. The van der Waals surface area contributed by atoms with Gasteiger partial charge in [-0.3, -0.25) is 9.59 Å². The summed E-state index contributed by atoms with van der Waals surface area (Å²) in [5.41, 5.74) is 0.722. The molecule has 0 spiro atoms. The summed E-state index contributed by atoms with van der Waals surface area (Å²) in [5.74, 6) is -0.303. The predicted octanol–water partition coefficient (Wildman–Crippen LogP) is 3.37. The second-order valence-corrected chi connectivity index (χ2v) is 5.29. The van der Waals surface area contributed by atoms with E-state index in [-0.39, 0.29) is 17.0 Å². The van der Waals surface area contributed by atoms with E-state index in [0.29, 0.717) is 23.2 Å². The molecule has 0 saturated carbocycles. The monoisotopic (exact) mass is 336 g/mol. The van der Waals surface area contributed by atoms with E-state index in [1.54, 1.807) is 48.5 Å². The number of hydrogen-bond acceptors (Lipinski definition) is 4. The molecule has 0 unspecified atom stereocenters. The van der Waals surface area contributed by atoms with Crippen LogP contribution in [0.4, 0.5) is 11.4 Å². The zero-order valence-corrected chi connectivity index (χ0v) is 13.4. The van der Waals surface area contributed by atoms with E-state index in [0.717, 1.165) is 5.39 Å². The van der Waals surface area contributed by atoms with Crippen molar-refractivity contribution in [3.8, 4) is 11.5 Å². The average Bonchev–Trinajstić information content (AvgIpc) is 2.64. The number of benzene rings is 3. The number of anilines is 2. The van der Waals surface area contributed by atoms with Crippen LogP contribution < -0.4 is 15.4 Å². The van der Waals surface area contributed by atoms with Crippen LogP contribution in [0, 0.1) is 0 Å². The van der Waals surface area contributed by atoms with Gasteiger partial charge >= 0.3 is 0 Å². The van der Waals surface area contributed by atoms with Gasteiger partial charge in [-0.25, -0.2) is 0 Å². The fraction of sp³-hybridized carbons (Fsp3) is 0.0526. The lowest BCUT2D eigenvalue weighted by Gasteiger charge is -2.14. The minimum absolute atomic E-state index is 0.0500. The van der Waals surface area contributed by atoms with E-state index in [4.69, 9.17) is 4.74 Å². The van der Waals surface area contributed by atoms with Crippen molar-refractivity contribution in [1.82, 2.24) is 0 Å². The topological polar surface area (TPSA) is 87.7 Å². The summed E-state index contributed by atoms with van der Waals surface area (Å²) in [4.78, 5) is 23.5. The normalized spacial score (nSPS) is 10.3. The Balaban J connectivity index is 2.07. The van der Waals surface area contributed by atoms with Crippen LogP contribution in [-0.2, 0) is 4.79 Å². The molecule has 2 amide bonds. The number of amides is 2. The molecule has 3 aromatic carbocycles. The zero-order valence-electron chi connectivity index (χ0n) is 13.4. The number of phenolic OH excluding ortho intramolecular Hbond substituents is 1. The molecule has 0 aliphatic carbocycles. The van der Waals surface area contributed by atoms with Gasteiger partial charge in [-0.05, 0) is 23.6 Å². The number of ether oxygens (including phenoxy) is 1. The number of methoxy groups -OCH3 is 1. The molecule has 6 heteroatoms. The van der Waals surface area contributed by atoms with Gasteiger partial charge in [0, 0.05) is 5.39 Å². The minimum Gasteiger partial charge on any atom is -0.505 e. The molecular formula is C19H16N2O4. The van der Waals surface area contributed by atoms with E-state index in [1.807, 2.05) is 6.07 Å². The number of carbonyl (C=O) groups excluding carboxylic acids is 2. The van der Waals surface area contributed by atoms with Gasteiger partial charge in [0.25, 0.3) is 5.91 Å². The van der Waals surface area contributed by atoms with Crippen molar-refractivity contribution in [2.24, 2.45) is 0 Å². The highest BCUT2D eigenvalue weighted by atomic mass is 16.5. The number of rotatable bonds is 5. The van der Waals surface area contributed by atoms with Crippen molar-refractivity contribution >= 4 is 34.5 Å². The summed E-state index contributed by atoms with van der Waals surface area (Å²) in [6, 6.07) is 15.7. The van der Waals surface area contributed by atoms with Gasteiger partial charge < -0.3 is 20.5 Å². The van der Waals surface area contributed by atoms with Gasteiger partial charge in [0.1, 0.15) is 5.75 Å². The van der Waals surface area contributed by atoms with Crippen molar-refractivity contribution in [3.05, 3.63) is 60.2 Å². The Morgan fingerprint density at radius 2 is 1.84 bits per heavy atom. The van der Waals surface area contributed by atoms with Gasteiger partial charge in [0.2, 0.25) is 6.41 Å². The summed E-state index contributed by atoms with van der Waals surface area (Å²) in [7, 11) is 1.50. The molecule has 6 nitrogen and oxygen atoms in total.